The molecule has 2 aromatic heterocycles. The highest BCUT2D eigenvalue weighted by Crippen LogP contribution is 2.40. The molecule has 2 aromatic rings. The summed E-state index contributed by atoms with van der Waals surface area (Å²) >= 11 is 0. The highest BCUT2D eigenvalue weighted by Gasteiger charge is 2.52. The van der Waals surface area contributed by atoms with E-state index in [1.807, 2.05) is 35.4 Å². The fourth-order valence-corrected chi connectivity index (χ4v) is 3.91. The number of aryl methyl sites for hydroxylation is 1. The summed E-state index contributed by atoms with van der Waals surface area (Å²) in [5.74, 6) is 0.490. The lowest BCUT2D eigenvalue weighted by molar-refractivity contribution is -0.146. The largest absolute Gasteiger partial charge is 0.376 e. The summed E-state index contributed by atoms with van der Waals surface area (Å²) < 4.78 is 14.1. The van der Waals surface area contributed by atoms with Gasteiger partial charge in [0.15, 0.2) is 0 Å². The van der Waals surface area contributed by atoms with E-state index in [1.54, 1.807) is 0 Å². The quantitative estimate of drug-likeness (QED) is 0.771. The molecule has 134 valence electrons. The van der Waals surface area contributed by atoms with Gasteiger partial charge in [-0.2, -0.15) is 5.10 Å². The van der Waals surface area contributed by atoms with Gasteiger partial charge in [0.2, 0.25) is 0 Å². The molecule has 0 amide bonds. The normalized spacial score (nSPS) is 22.4. The monoisotopic (exact) mass is 342 g/mol. The summed E-state index contributed by atoms with van der Waals surface area (Å²) in [5, 5.41) is 4.35. The van der Waals surface area contributed by atoms with Gasteiger partial charge in [-0.1, -0.05) is 0 Å². The van der Waals surface area contributed by atoms with E-state index < -0.39 is 0 Å². The van der Waals surface area contributed by atoms with Gasteiger partial charge in [0, 0.05) is 62.9 Å². The molecule has 2 aliphatic heterocycles. The molecular weight excluding hydrogens is 316 g/mol. The maximum absolute atomic E-state index is 6.13. The van der Waals surface area contributed by atoms with Crippen molar-refractivity contribution in [2.75, 3.05) is 26.3 Å². The molecule has 1 atom stereocenters. The first-order valence-corrected chi connectivity index (χ1v) is 9.12. The van der Waals surface area contributed by atoms with Crippen LogP contribution in [0.4, 0.5) is 0 Å². The van der Waals surface area contributed by atoms with Crippen LogP contribution in [-0.4, -0.2) is 51.6 Å². The summed E-state index contributed by atoms with van der Waals surface area (Å²) in [5.41, 5.74) is 2.45. The smallest absolute Gasteiger partial charge is 0.0985 e. The minimum atomic E-state index is -0.000998. The first-order valence-electron chi connectivity index (χ1n) is 9.12. The molecule has 0 aliphatic carbocycles. The molecule has 0 radical (unpaired) electrons. The predicted octanol–water partition coefficient (Wildman–Crippen LogP) is 2.11. The summed E-state index contributed by atoms with van der Waals surface area (Å²) in [6, 6.07) is 4.00. The van der Waals surface area contributed by atoms with Crippen molar-refractivity contribution >= 4 is 0 Å². The van der Waals surface area contributed by atoms with E-state index >= 15 is 0 Å². The van der Waals surface area contributed by atoms with Crippen LogP contribution in [0, 0.1) is 5.92 Å². The molecular formula is C19H26N4O2. The van der Waals surface area contributed by atoms with Gasteiger partial charge in [0.25, 0.3) is 0 Å². The molecule has 4 rings (SSSR count). The third kappa shape index (κ3) is 3.61. The summed E-state index contributed by atoms with van der Waals surface area (Å²) in [6.07, 6.45) is 8.82. The highest BCUT2D eigenvalue weighted by atomic mass is 16.5. The van der Waals surface area contributed by atoms with Crippen molar-refractivity contribution < 1.29 is 9.47 Å². The van der Waals surface area contributed by atoms with Gasteiger partial charge in [0.1, 0.15) is 0 Å². The Kier molecular flexibility index (Phi) is 4.83. The van der Waals surface area contributed by atoms with Gasteiger partial charge in [-0.05, 0) is 31.0 Å². The minimum Gasteiger partial charge on any atom is -0.376 e. The average Bonchev–Trinajstić information content (AvgIpc) is 3.23. The maximum Gasteiger partial charge on any atom is 0.0985 e. The van der Waals surface area contributed by atoms with Crippen molar-refractivity contribution in [2.24, 2.45) is 5.92 Å². The molecule has 2 saturated heterocycles. The molecule has 25 heavy (non-hydrogen) atoms. The highest BCUT2D eigenvalue weighted by molar-refractivity contribution is 5.11. The zero-order valence-electron chi connectivity index (χ0n) is 14.8. The number of likely N-dealkylation sites (tertiary alicyclic amines) is 1. The summed E-state index contributed by atoms with van der Waals surface area (Å²) in [7, 11) is 0. The molecule has 0 bridgehead atoms. The van der Waals surface area contributed by atoms with Crippen molar-refractivity contribution in [3.05, 3.63) is 48.0 Å². The fourth-order valence-electron chi connectivity index (χ4n) is 3.91. The number of pyridine rings is 1. The Bertz CT molecular complexity index is 682. The Morgan fingerprint density at radius 3 is 2.88 bits per heavy atom. The van der Waals surface area contributed by atoms with E-state index in [9.17, 15) is 0 Å². The zero-order chi connectivity index (χ0) is 17.1. The molecule has 2 aliphatic rings. The van der Waals surface area contributed by atoms with E-state index in [2.05, 4.69) is 28.1 Å². The Morgan fingerprint density at radius 1 is 1.28 bits per heavy atom. The number of hydrogen-bond acceptors (Lipinski definition) is 5. The molecule has 6 heteroatoms. The van der Waals surface area contributed by atoms with Crippen molar-refractivity contribution in [1.82, 2.24) is 19.7 Å². The number of aromatic nitrogens is 3. The molecule has 1 spiro atoms. The van der Waals surface area contributed by atoms with Crippen LogP contribution in [0.5, 0.6) is 0 Å². The van der Waals surface area contributed by atoms with Gasteiger partial charge in [-0.15, -0.1) is 0 Å². The number of hydrogen-bond donors (Lipinski definition) is 0. The summed E-state index contributed by atoms with van der Waals surface area (Å²) in [6.45, 7) is 8.24. The Morgan fingerprint density at radius 2 is 2.12 bits per heavy atom. The lowest BCUT2D eigenvalue weighted by atomic mass is 9.81. The number of rotatable bonds is 7. The topological polar surface area (TPSA) is 52.4 Å². The standard InChI is InChI=1S/C19H26N4O2/c1-2-23-11-17(9-21-23)10-22-14-19(15-22)18(5-8-25-19)13-24-12-16-3-6-20-7-4-16/h3-4,6-7,9,11,18H,2,5,8,10,12-15H2,1H3/t18-/m1/s1. The lowest BCUT2D eigenvalue weighted by Gasteiger charge is -2.50. The van der Waals surface area contributed by atoms with Crippen molar-refractivity contribution in [3.63, 3.8) is 0 Å². The first-order chi connectivity index (χ1) is 12.3. The van der Waals surface area contributed by atoms with Crippen molar-refractivity contribution in [2.45, 2.75) is 38.6 Å². The molecule has 0 N–H and O–H groups in total. The fraction of sp³-hybridized carbons (Fsp3) is 0.579. The van der Waals surface area contributed by atoms with E-state index in [-0.39, 0.29) is 5.60 Å². The molecule has 6 nitrogen and oxygen atoms in total. The summed E-state index contributed by atoms with van der Waals surface area (Å²) in [4.78, 5) is 6.48. The number of ether oxygens (including phenoxy) is 2. The maximum atomic E-state index is 6.13. The van der Waals surface area contributed by atoms with E-state index in [1.165, 1.54) is 11.1 Å². The van der Waals surface area contributed by atoms with Gasteiger partial charge in [0.05, 0.1) is 25.0 Å². The van der Waals surface area contributed by atoms with E-state index in [0.717, 1.165) is 45.8 Å². The van der Waals surface area contributed by atoms with Crippen LogP contribution in [-0.2, 0) is 29.2 Å². The van der Waals surface area contributed by atoms with Gasteiger partial charge in [-0.25, -0.2) is 0 Å². The molecule has 4 heterocycles. The SMILES string of the molecule is CCn1cc(CN2CC3(C2)OCC[C@@H]3COCc2ccncc2)cn1. The average molecular weight is 342 g/mol. The second kappa shape index (κ2) is 7.23. The third-order valence-electron chi connectivity index (χ3n) is 5.34. The molecule has 0 aromatic carbocycles. The van der Waals surface area contributed by atoms with Crippen molar-refractivity contribution in [3.8, 4) is 0 Å². The van der Waals surface area contributed by atoms with Crippen LogP contribution in [0.25, 0.3) is 0 Å². The second-order valence-electron chi connectivity index (χ2n) is 7.12. The third-order valence-corrected chi connectivity index (χ3v) is 5.34. The molecule has 0 unspecified atom stereocenters. The molecule has 2 fully saturated rings. The van der Waals surface area contributed by atoms with Gasteiger partial charge >= 0.3 is 0 Å². The van der Waals surface area contributed by atoms with Gasteiger partial charge < -0.3 is 9.47 Å². The van der Waals surface area contributed by atoms with Crippen LogP contribution in [0.15, 0.2) is 36.9 Å². The predicted molar refractivity (Wildman–Crippen MR) is 93.9 cm³/mol. The second-order valence-corrected chi connectivity index (χ2v) is 7.12. The van der Waals surface area contributed by atoms with Crippen LogP contribution in [0.2, 0.25) is 0 Å². The Hall–Kier alpha value is -1.76. The van der Waals surface area contributed by atoms with Crippen LogP contribution in [0.3, 0.4) is 0 Å². The van der Waals surface area contributed by atoms with Crippen LogP contribution < -0.4 is 0 Å². The molecule has 0 saturated carbocycles. The lowest BCUT2D eigenvalue weighted by Crippen LogP contribution is -2.64. The van der Waals surface area contributed by atoms with Gasteiger partial charge in [-0.3, -0.25) is 14.6 Å². The van der Waals surface area contributed by atoms with E-state index in [0.29, 0.717) is 12.5 Å². The Labute approximate surface area is 148 Å². The minimum absolute atomic E-state index is 0.000998. The van der Waals surface area contributed by atoms with Crippen LogP contribution >= 0.6 is 0 Å². The Balaban J connectivity index is 1.26. The van der Waals surface area contributed by atoms with Crippen LogP contribution in [0.1, 0.15) is 24.5 Å². The van der Waals surface area contributed by atoms with Crippen molar-refractivity contribution in [1.29, 1.82) is 0 Å². The zero-order valence-corrected chi connectivity index (χ0v) is 14.8. The first kappa shape index (κ1) is 16.7. The number of nitrogens with zero attached hydrogens (tertiary/aromatic N) is 4. The van der Waals surface area contributed by atoms with E-state index in [4.69, 9.17) is 9.47 Å².